The summed E-state index contributed by atoms with van der Waals surface area (Å²) in [6.07, 6.45) is 2.49. The molecule has 0 saturated heterocycles. The summed E-state index contributed by atoms with van der Waals surface area (Å²) < 4.78 is 7.70. The normalized spacial score (nSPS) is 15.4. The molecule has 0 N–H and O–H groups in total. The van der Waals surface area contributed by atoms with Crippen molar-refractivity contribution in [2.75, 3.05) is 13.2 Å². The third-order valence-electron chi connectivity index (χ3n) is 3.35. The monoisotopic (exact) mass is 264 g/mol. The Bertz CT molecular complexity index is 560. The predicted octanol–water partition coefficient (Wildman–Crippen LogP) is 3.60. The number of fused-ring (bicyclic) bond motifs is 1. The first kappa shape index (κ1) is 12.0. The van der Waals surface area contributed by atoms with Crippen LogP contribution in [0, 0.1) is 0 Å². The molecule has 1 saturated carbocycles. The van der Waals surface area contributed by atoms with Crippen LogP contribution in [0.25, 0.3) is 11.0 Å². The van der Waals surface area contributed by atoms with E-state index < -0.39 is 0 Å². The fourth-order valence-corrected chi connectivity index (χ4v) is 2.61. The van der Waals surface area contributed by atoms with Crippen molar-refractivity contribution in [2.45, 2.75) is 32.2 Å². The minimum atomic E-state index is 0.620. The molecule has 0 spiro atoms. The van der Waals surface area contributed by atoms with Gasteiger partial charge in [0.2, 0.25) is 0 Å². The van der Waals surface area contributed by atoms with Crippen LogP contribution in [0.1, 0.15) is 31.5 Å². The van der Waals surface area contributed by atoms with Crippen molar-refractivity contribution >= 4 is 22.6 Å². The molecule has 3 nitrogen and oxygen atoms in total. The van der Waals surface area contributed by atoms with E-state index in [0.717, 1.165) is 29.2 Å². The predicted molar refractivity (Wildman–Crippen MR) is 73.2 cm³/mol. The summed E-state index contributed by atoms with van der Waals surface area (Å²) in [6.45, 7) is 4.31. The summed E-state index contributed by atoms with van der Waals surface area (Å²) >= 11 is 6.31. The average molecular weight is 265 g/mol. The van der Waals surface area contributed by atoms with Crippen LogP contribution < -0.4 is 0 Å². The number of para-hydroxylation sites is 1. The molecule has 0 atom stereocenters. The molecule has 1 heterocycles. The molecule has 1 aliphatic rings. The molecular formula is C14H17ClN2O. The Hall–Kier alpha value is -1.06. The van der Waals surface area contributed by atoms with E-state index in [1.165, 1.54) is 18.7 Å². The number of aromatic nitrogens is 2. The molecule has 0 unspecified atom stereocenters. The van der Waals surface area contributed by atoms with E-state index in [1.54, 1.807) is 0 Å². The van der Waals surface area contributed by atoms with Gasteiger partial charge in [-0.1, -0.05) is 17.7 Å². The maximum atomic E-state index is 6.31. The first-order valence-electron chi connectivity index (χ1n) is 6.53. The summed E-state index contributed by atoms with van der Waals surface area (Å²) in [5, 5.41) is 0.781. The van der Waals surface area contributed by atoms with E-state index in [0.29, 0.717) is 12.5 Å². The molecule has 0 radical (unpaired) electrons. The highest BCUT2D eigenvalue weighted by molar-refractivity contribution is 6.35. The van der Waals surface area contributed by atoms with Gasteiger partial charge in [-0.3, -0.25) is 0 Å². The molecule has 3 rings (SSSR count). The van der Waals surface area contributed by atoms with Crippen molar-refractivity contribution in [3.63, 3.8) is 0 Å². The zero-order valence-corrected chi connectivity index (χ0v) is 11.3. The topological polar surface area (TPSA) is 27.1 Å². The van der Waals surface area contributed by atoms with Crippen LogP contribution in [0.3, 0.4) is 0 Å². The molecular weight excluding hydrogens is 248 g/mol. The minimum absolute atomic E-state index is 0.620. The van der Waals surface area contributed by atoms with Crippen molar-refractivity contribution in [1.29, 1.82) is 0 Å². The zero-order valence-electron chi connectivity index (χ0n) is 10.5. The third kappa shape index (κ3) is 2.13. The maximum Gasteiger partial charge on any atom is 0.113 e. The maximum absolute atomic E-state index is 6.31. The molecule has 2 aromatic rings. The van der Waals surface area contributed by atoms with Crippen molar-refractivity contribution in [1.82, 2.24) is 9.55 Å². The Kier molecular flexibility index (Phi) is 3.27. The van der Waals surface area contributed by atoms with Crippen LogP contribution in [-0.4, -0.2) is 22.8 Å². The van der Waals surface area contributed by atoms with E-state index >= 15 is 0 Å². The molecule has 1 aromatic carbocycles. The summed E-state index contributed by atoms with van der Waals surface area (Å²) in [5.74, 6) is 1.80. The second-order valence-electron chi connectivity index (χ2n) is 4.70. The van der Waals surface area contributed by atoms with Crippen LogP contribution in [0.2, 0.25) is 5.02 Å². The van der Waals surface area contributed by atoms with Crippen molar-refractivity contribution < 1.29 is 4.74 Å². The smallest absolute Gasteiger partial charge is 0.113 e. The minimum Gasteiger partial charge on any atom is -0.380 e. The lowest BCUT2D eigenvalue weighted by molar-refractivity contribution is 0.139. The van der Waals surface area contributed by atoms with Gasteiger partial charge in [0, 0.05) is 19.1 Å². The van der Waals surface area contributed by atoms with Gasteiger partial charge in [-0.05, 0) is 31.9 Å². The number of nitrogens with zero attached hydrogens (tertiary/aromatic N) is 2. The van der Waals surface area contributed by atoms with E-state index in [1.807, 2.05) is 25.1 Å². The quantitative estimate of drug-likeness (QED) is 0.772. The van der Waals surface area contributed by atoms with E-state index in [-0.39, 0.29) is 0 Å². The molecule has 96 valence electrons. The van der Waals surface area contributed by atoms with Gasteiger partial charge in [0.25, 0.3) is 0 Å². The van der Waals surface area contributed by atoms with Crippen molar-refractivity contribution in [3.8, 4) is 0 Å². The van der Waals surface area contributed by atoms with E-state index in [9.17, 15) is 0 Å². The van der Waals surface area contributed by atoms with Gasteiger partial charge in [0.05, 0.1) is 22.7 Å². The van der Waals surface area contributed by atoms with E-state index in [2.05, 4.69) is 4.57 Å². The third-order valence-corrected chi connectivity index (χ3v) is 3.66. The number of hydrogen-bond donors (Lipinski definition) is 0. The number of ether oxygens (including phenoxy) is 1. The summed E-state index contributed by atoms with van der Waals surface area (Å²) in [6, 6.07) is 5.92. The molecule has 18 heavy (non-hydrogen) atoms. The van der Waals surface area contributed by atoms with Crippen molar-refractivity contribution in [3.05, 3.63) is 29.0 Å². The lowest BCUT2D eigenvalue weighted by Crippen LogP contribution is -2.09. The van der Waals surface area contributed by atoms with Gasteiger partial charge in [-0.15, -0.1) is 0 Å². The molecule has 0 aliphatic heterocycles. The first-order valence-corrected chi connectivity index (χ1v) is 6.91. The van der Waals surface area contributed by atoms with Gasteiger partial charge in [-0.25, -0.2) is 4.98 Å². The number of imidazole rings is 1. The van der Waals surface area contributed by atoms with Gasteiger partial charge in [-0.2, -0.15) is 0 Å². The summed E-state index contributed by atoms with van der Waals surface area (Å²) in [7, 11) is 0. The summed E-state index contributed by atoms with van der Waals surface area (Å²) in [5.41, 5.74) is 2.06. The van der Waals surface area contributed by atoms with Crippen LogP contribution in [-0.2, 0) is 11.3 Å². The molecule has 4 heteroatoms. The molecule has 1 fully saturated rings. The van der Waals surface area contributed by atoms with Crippen LogP contribution in [0.15, 0.2) is 18.2 Å². The molecule has 0 bridgehead atoms. The average Bonchev–Trinajstić information content (AvgIpc) is 3.13. The Morgan fingerprint density at radius 1 is 1.44 bits per heavy atom. The number of benzene rings is 1. The fraction of sp³-hybridized carbons (Fsp3) is 0.500. The summed E-state index contributed by atoms with van der Waals surface area (Å²) in [4.78, 5) is 4.74. The number of halogens is 1. The fourth-order valence-electron chi connectivity index (χ4n) is 2.34. The highest BCUT2D eigenvalue weighted by atomic mass is 35.5. The van der Waals surface area contributed by atoms with Gasteiger partial charge >= 0.3 is 0 Å². The largest absolute Gasteiger partial charge is 0.380 e. The number of rotatable bonds is 5. The highest BCUT2D eigenvalue weighted by Gasteiger charge is 2.29. The second-order valence-corrected chi connectivity index (χ2v) is 5.11. The Morgan fingerprint density at radius 2 is 2.28 bits per heavy atom. The van der Waals surface area contributed by atoms with E-state index in [4.69, 9.17) is 21.3 Å². The Balaban J connectivity index is 2.03. The zero-order chi connectivity index (χ0) is 12.5. The SMILES string of the molecule is CCOCCn1c(C2CC2)nc2cccc(Cl)c21. The lowest BCUT2D eigenvalue weighted by Gasteiger charge is -2.09. The lowest BCUT2D eigenvalue weighted by atomic mass is 10.3. The standard InChI is InChI=1S/C14H17ClN2O/c1-2-18-9-8-17-13-11(15)4-3-5-12(13)16-14(17)10-6-7-10/h3-5,10H,2,6-9H2,1H3. The van der Waals surface area contributed by atoms with Crippen LogP contribution >= 0.6 is 11.6 Å². The second kappa shape index (κ2) is 4.90. The highest BCUT2D eigenvalue weighted by Crippen LogP contribution is 2.41. The van der Waals surface area contributed by atoms with Crippen molar-refractivity contribution in [2.24, 2.45) is 0 Å². The Labute approximate surface area is 112 Å². The molecule has 1 aromatic heterocycles. The van der Waals surface area contributed by atoms with Crippen LogP contribution in [0.5, 0.6) is 0 Å². The molecule has 0 amide bonds. The van der Waals surface area contributed by atoms with Gasteiger partial charge in [0.15, 0.2) is 0 Å². The van der Waals surface area contributed by atoms with Crippen LogP contribution in [0.4, 0.5) is 0 Å². The van der Waals surface area contributed by atoms with Gasteiger partial charge in [0.1, 0.15) is 5.82 Å². The first-order chi connectivity index (χ1) is 8.81. The molecule has 1 aliphatic carbocycles. The van der Waals surface area contributed by atoms with Gasteiger partial charge < -0.3 is 9.30 Å². The number of hydrogen-bond acceptors (Lipinski definition) is 2. The Morgan fingerprint density at radius 3 is 3.00 bits per heavy atom.